The largest absolute Gasteiger partial charge is 0.360 e. The molecule has 5 rings (SSSR count). The fourth-order valence-electron chi connectivity index (χ4n) is 3.55. The van der Waals surface area contributed by atoms with Crippen LogP contribution in [0.2, 0.25) is 5.02 Å². The summed E-state index contributed by atoms with van der Waals surface area (Å²) < 4.78 is 1.89. The van der Waals surface area contributed by atoms with Gasteiger partial charge in [-0.05, 0) is 37.3 Å². The molecule has 0 amide bonds. The number of fused-ring (bicyclic) bond motifs is 2. The van der Waals surface area contributed by atoms with Crippen LogP contribution in [0.3, 0.4) is 0 Å². The fraction of sp³-hybridized carbons (Fsp3) is 0.263. The van der Waals surface area contributed by atoms with Gasteiger partial charge in [-0.3, -0.25) is 4.79 Å². The molecule has 1 aliphatic carbocycles. The smallest absolute Gasteiger partial charge is 0.260 e. The summed E-state index contributed by atoms with van der Waals surface area (Å²) in [4.78, 5) is 28.9. The summed E-state index contributed by atoms with van der Waals surface area (Å²) in [6.07, 6.45) is 5.08. The van der Waals surface area contributed by atoms with Crippen LogP contribution in [-0.4, -0.2) is 24.5 Å². The molecule has 7 nitrogen and oxygen atoms in total. The summed E-state index contributed by atoms with van der Waals surface area (Å²) in [6.45, 7) is 2.02. The molecule has 1 aliphatic rings. The molecule has 1 aromatic carbocycles. The van der Waals surface area contributed by atoms with E-state index in [1.807, 2.05) is 29.7 Å². The van der Waals surface area contributed by atoms with Crippen molar-refractivity contribution in [3.63, 3.8) is 0 Å². The number of hydrogen-bond acceptors (Lipinski definition) is 5. The van der Waals surface area contributed by atoms with Crippen molar-refractivity contribution in [2.24, 2.45) is 0 Å². The second kappa shape index (κ2) is 6.06. The lowest BCUT2D eigenvalue weighted by Crippen LogP contribution is -2.26. The second-order valence-electron chi connectivity index (χ2n) is 6.87. The van der Waals surface area contributed by atoms with Gasteiger partial charge < -0.3 is 14.9 Å². The quantitative estimate of drug-likeness (QED) is 0.561. The summed E-state index contributed by atoms with van der Waals surface area (Å²) in [5.41, 5.74) is 2.24. The van der Waals surface area contributed by atoms with Crippen LogP contribution >= 0.6 is 11.6 Å². The van der Waals surface area contributed by atoms with E-state index in [0.717, 1.165) is 29.4 Å². The Bertz CT molecular complexity index is 1230. The van der Waals surface area contributed by atoms with Crippen molar-refractivity contribution in [3.8, 4) is 0 Å². The minimum Gasteiger partial charge on any atom is -0.360 e. The number of rotatable bonds is 4. The third-order valence-electron chi connectivity index (χ3n) is 4.99. The number of hydrogen-bond donors (Lipinski definition) is 2. The number of benzene rings is 1. The Morgan fingerprint density at radius 3 is 2.96 bits per heavy atom. The number of nitrogens with zero attached hydrogens (tertiary/aromatic N) is 4. The van der Waals surface area contributed by atoms with Crippen LogP contribution in [0.4, 0.5) is 5.82 Å². The molecular weight excluding hydrogens is 364 g/mol. The van der Waals surface area contributed by atoms with Crippen molar-refractivity contribution < 1.29 is 0 Å². The first-order valence-corrected chi connectivity index (χ1v) is 9.25. The number of nitrogens with one attached hydrogen (secondary N) is 2. The molecule has 1 fully saturated rings. The van der Waals surface area contributed by atoms with Crippen molar-refractivity contribution in [3.05, 3.63) is 58.0 Å². The maximum absolute atomic E-state index is 13.2. The predicted octanol–water partition coefficient (Wildman–Crippen LogP) is 3.83. The van der Waals surface area contributed by atoms with E-state index in [1.54, 1.807) is 12.4 Å². The van der Waals surface area contributed by atoms with Crippen molar-refractivity contribution in [2.45, 2.75) is 31.8 Å². The van der Waals surface area contributed by atoms with Crippen molar-refractivity contribution in [1.29, 1.82) is 0 Å². The lowest BCUT2D eigenvalue weighted by atomic mass is 10.1. The highest BCUT2D eigenvalue weighted by molar-refractivity contribution is 6.35. The van der Waals surface area contributed by atoms with Crippen molar-refractivity contribution in [1.82, 2.24) is 24.5 Å². The molecule has 0 radical (unpaired) electrons. The number of aromatic amines is 1. The van der Waals surface area contributed by atoms with Crippen LogP contribution in [0.5, 0.6) is 0 Å². The zero-order valence-corrected chi connectivity index (χ0v) is 15.4. The molecule has 0 bridgehead atoms. The lowest BCUT2D eigenvalue weighted by Gasteiger charge is -2.21. The standard InChI is InChI=1S/C19H17ClN6O/c1-10(25-18-16-17(22-8-21-16)23-9-24-18)14-7-11-3-2-4-13(20)15(11)19(27)26(14)12-5-6-12/h2-4,7-10,12H,5-6H2,1H3,(H2,21,22,23,24,25)/t10-/m1/s1. The first kappa shape index (κ1) is 16.3. The number of H-pyrrole nitrogens is 1. The number of pyridine rings is 1. The Kier molecular flexibility index (Phi) is 3.65. The third kappa shape index (κ3) is 2.66. The van der Waals surface area contributed by atoms with Crippen LogP contribution < -0.4 is 10.9 Å². The minimum atomic E-state index is -0.136. The number of aromatic nitrogens is 5. The van der Waals surface area contributed by atoms with Crippen molar-refractivity contribution in [2.75, 3.05) is 5.32 Å². The van der Waals surface area contributed by atoms with Crippen LogP contribution in [0.15, 0.2) is 41.7 Å². The van der Waals surface area contributed by atoms with E-state index in [-0.39, 0.29) is 17.6 Å². The van der Waals surface area contributed by atoms with Gasteiger partial charge in [0.05, 0.1) is 22.8 Å². The monoisotopic (exact) mass is 380 g/mol. The van der Waals surface area contributed by atoms with Crippen molar-refractivity contribution >= 4 is 39.4 Å². The zero-order chi connectivity index (χ0) is 18.5. The van der Waals surface area contributed by atoms with Crippen LogP contribution in [0.1, 0.15) is 37.5 Å². The van der Waals surface area contributed by atoms with Gasteiger partial charge in [0, 0.05) is 11.7 Å². The molecule has 1 atom stereocenters. The molecule has 3 aromatic heterocycles. The molecule has 2 N–H and O–H groups in total. The second-order valence-corrected chi connectivity index (χ2v) is 7.28. The molecule has 0 spiro atoms. The van der Waals surface area contributed by atoms with Crippen LogP contribution in [-0.2, 0) is 0 Å². The Hall–Kier alpha value is -2.93. The molecule has 27 heavy (non-hydrogen) atoms. The van der Waals surface area contributed by atoms with Gasteiger partial charge in [-0.25, -0.2) is 15.0 Å². The average molecular weight is 381 g/mol. The third-order valence-corrected chi connectivity index (χ3v) is 5.31. The van der Waals surface area contributed by atoms with Crippen LogP contribution in [0.25, 0.3) is 21.9 Å². The molecule has 1 saturated carbocycles. The highest BCUT2D eigenvalue weighted by atomic mass is 35.5. The highest BCUT2D eigenvalue weighted by Gasteiger charge is 2.29. The first-order valence-electron chi connectivity index (χ1n) is 8.88. The van der Waals surface area contributed by atoms with Gasteiger partial charge in [0.2, 0.25) is 0 Å². The molecular formula is C19H17ClN6O. The number of imidazole rings is 1. The first-order chi connectivity index (χ1) is 13.1. The van der Waals surface area contributed by atoms with E-state index in [9.17, 15) is 4.79 Å². The highest BCUT2D eigenvalue weighted by Crippen LogP contribution is 2.37. The van der Waals surface area contributed by atoms with Gasteiger partial charge in [0.25, 0.3) is 5.56 Å². The minimum absolute atomic E-state index is 0.0291. The Labute approximate surface area is 159 Å². The molecule has 8 heteroatoms. The summed E-state index contributed by atoms with van der Waals surface area (Å²) in [7, 11) is 0. The molecule has 4 aromatic rings. The van der Waals surface area contributed by atoms with Gasteiger partial charge in [-0.1, -0.05) is 23.7 Å². The SMILES string of the molecule is C[C@@H](Nc1ncnc2nc[nH]c12)c1cc2cccc(Cl)c2c(=O)n1C1CC1. The predicted molar refractivity (Wildman–Crippen MR) is 105 cm³/mol. The van der Waals surface area contributed by atoms with E-state index in [1.165, 1.54) is 6.33 Å². The summed E-state index contributed by atoms with van der Waals surface area (Å²) in [6, 6.07) is 7.70. The molecule has 0 aliphatic heterocycles. The number of anilines is 1. The summed E-state index contributed by atoms with van der Waals surface area (Å²) in [5, 5.41) is 5.33. The maximum atomic E-state index is 13.2. The average Bonchev–Trinajstić information content (AvgIpc) is 3.37. The van der Waals surface area contributed by atoms with E-state index in [0.29, 0.717) is 21.9 Å². The molecule has 0 saturated heterocycles. The normalized spacial score (nSPS) is 15.3. The molecule has 136 valence electrons. The van der Waals surface area contributed by atoms with E-state index in [4.69, 9.17) is 11.6 Å². The molecule has 3 heterocycles. The van der Waals surface area contributed by atoms with Gasteiger partial charge in [0.1, 0.15) is 11.8 Å². The molecule has 0 unspecified atom stereocenters. The maximum Gasteiger partial charge on any atom is 0.260 e. The van der Waals surface area contributed by atoms with Gasteiger partial charge in [0.15, 0.2) is 11.5 Å². The van der Waals surface area contributed by atoms with E-state index in [2.05, 4.69) is 25.3 Å². The summed E-state index contributed by atoms with van der Waals surface area (Å²) >= 11 is 6.32. The Morgan fingerprint density at radius 1 is 1.30 bits per heavy atom. The van der Waals surface area contributed by atoms with E-state index >= 15 is 0 Å². The van der Waals surface area contributed by atoms with Gasteiger partial charge >= 0.3 is 0 Å². The lowest BCUT2D eigenvalue weighted by molar-refractivity contribution is 0.636. The fourth-order valence-corrected chi connectivity index (χ4v) is 3.81. The van der Waals surface area contributed by atoms with Gasteiger partial charge in [-0.2, -0.15) is 0 Å². The number of halogens is 1. The summed E-state index contributed by atoms with van der Waals surface area (Å²) in [5.74, 6) is 0.658. The Balaban J connectivity index is 1.64. The zero-order valence-electron chi connectivity index (χ0n) is 14.6. The van der Waals surface area contributed by atoms with Crippen LogP contribution in [0, 0.1) is 0 Å². The van der Waals surface area contributed by atoms with E-state index < -0.39 is 0 Å². The topological polar surface area (TPSA) is 88.5 Å². The Morgan fingerprint density at radius 2 is 2.15 bits per heavy atom. The van der Waals surface area contributed by atoms with Gasteiger partial charge in [-0.15, -0.1) is 0 Å².